The van der Waals surface area contributed by atoms with Crippen molar-refractivity contribution < 1.29 is 10.0 Å². The summed E-state index contributed by atoms with van der Waals surface area (Å²) in [4.78, 5) is 9.96. The molecule has 76 valence electrons. The number of nitrogens with two attached hydrogens (primary N) is 1. The van der Waals surface area contributed by atoms with Crippen LogP contribution in [0.25, 0.3) is 0 Å². The number of phenolic OH excluding ortho intramolecular Hbond substituents is 1. The first-order chi connectivity index (χ1) is 6.65. The average Bonchev–Trinajstić information content (AvgIpc) is 2.16. The summed E-state index contributed by atoms with van der Waals surface area (Å²) in [7, 11) is 0. The molecule has 0 aromatic heterocycles. The number of benzene rings is 1. The van der Waals surface area contributed by atoms with E-state index in [-0.39, 0.29) is 11.4 Å². The van der Waals surface area contributed by atoms with Crippen LogP contribution in [0.5, 0.6) is 5.75 Å². The van der Waals surface area contributed by atoms with E-state index in [1.54, 1.807) is 0 Å². The standard InChI is InChI=1S/C9H12N2O3/c10-5-1-2-7-6-8(11(13)14)3-4-9(7)12/h3-4,6,12H,1-2,5,10H2. The number of nitrogens with zero attached hydrogens (tertiary/aromatic N) is 1. The Morgan fingerprint density at radius 3 is 2.79 bits per heavy atom. The number of aryl methyl sites for hydroxylation is 1. The molecule has 0 aliphatic rings. The molecule has 0 aliphatic heterocycles. The molecule has 0 bridgehead atoms. The van der Waals surface area contributed by atoms with Crippen LogP contribution in [-0.2, 0) is 6.42 Å². The summed E-state index contributed by atoms with van der Waals surface area (Å²) < 4.78 is 0. The van der Waals surface area contributed by atoms with Crippen LogP contribution in [0.15, 0.2) is 18.2 Å². The van der Waals surface area contributed by atoms with E-state index < -0.39 is 4.92 Å². The van der Waals surface area contributed by atoms with Gasteiger partial charge in [-0.1, -0.05) is 0 Å². The van der Waals surface area contributed by atoms with Gasteiger partial charge in [0.15, 0.2) is 0 Å². The molecule has 0 heterocycles. The van der Waals surface area contributed by atoms with Crippen LogP contribution < -0.4 is 5.73 Å². The third-order valence-electron chi connectivity index (χ3n) is 1.92. The molecule has 0 spiro atoms. The predicted octanol–water partition coefficient (Wildman–Crippen LogP) is 1.19. The topological polar surface area (TPSA) is 89.4 Å². The molecule has 3 N–H and O–H groups in total. The van der Waals surface area contributed by atoms with Crippen LogP contribution in [-0.4, -0.2) is 16.6 Å². The van der Waals surface area contributed by atoms with Gasteiger partial charge in [-0.3, -0.25) is 10.1 Å². The van der Waals surface area contributed by atoms with Crippen molar-refractivity contribution in [2.45, 2.75) is 12.8 Å². The number of aromatic hydroxyl groups is 1. The Kier molecular flexibility index (Phi) is 3.41. The van der Waals surface area contributed by atoms with Gasteiger partial charge in [0.25, 0.3) is 5.69 Å². The lowest BCUT2D eigenvalue weighted by atomic mass is 10.1. The van der Waals surface area contributed by atoms with Gasteiger partial charge in [-0.25, -0.2) is 0 Å². The Morgan fingerprint density at radius 1 is 1.50 bits per heavy atom. The maximum Gasteiger partial charge on any atom is 0.269 e. The monoisotopic (exact) mass is 196 g/mol. The smallest absolute Gasteiger partial charge is 0.269 e. The molecule has 0 saturated carbocycles. The number of non-ortho nitro benzene ring substituents is 1. The van der Waals surface area contributed by atoms with Crippen molar-refractivity contribution in [2.75, 3.05) is 6.54 Å². The van der Waals surface area contributed by atoms with Crippen molar-refractivity contribution in [1.29, 1.82) is 0 Å². The van der Waals surface area contributed by atoms with E-state index in [1.165, 1.54) is 18.2 Å². The van der Waals surface area contributed by atoms with Crippen molar-refractivity contribution in [3.05, 3.63) is 33.9 Å². The highest BCUT2D eigenvalue weighted by Crippen LogP contribution is 2.23. The largest absolute Gasteiger partial charge is 0.508 e. The first-order valence-corrected chi connectivity index (χ1v) is 4.31. The van der Waals surface area contributed by atoms with Crippen molar-refractivity contribution in [2.24, 2.45) is 5.73 Å². The fraction of sp³-hybridized carbons (Fsp3) is 0.333. The summed E-state index contributed by atoms with van der Waals surface area (Å²) in [5, 5.41) is 19.8. The highest BCUT2D eigenvalue weighted by Gasteiger charge is 2.09. The minimum atomic E-state index is -0.481. The number of rotatable bonds is 4. The van der Waals surface area contributed by atoms with Gasteiger partial charge < -0.3 is 10.8 Å². The third kappa shape index (κ3) is 2.43. The second-order valence-electron chi connectivity index (χ2n) is 2.96. The molecule has 5 nitrogen and oxygen atoms in total. The fourth-order valence-corrected chi connectivity index (χ4v) is 1.18. The molecule has 1 aromatic rings. The minimum Gasteiger partial charge on any atom is -0.508 e. The molecule has 0 unspecified atom stereocenters. The summed E-state index contributed by atoms with van der Waals surface area (Å²) in [5.41, 5.74) is 5.88. The molecule has 0 amide bonds. The highest BCUT2D eigenvalue weighted by atomic mass is 16.6. The first-order valence-electron chi connectivity index (χ1n) is 4.31. The Hall–Kier alpha value is -1.62. The van der Waals surface area contributed by atoms with Gasteiger partial charge in [0.2, 0.25) is 0 Å². The van der Waals surface area contributed by atoms with Crippen LogP contribution in [0.4, 0.5) is 5.69 Å². The third-order valence-corrected chi connectivity index (χ3v) is 1.92. The molecule has 1 rings (SSSR count). The van der Waals surface area contributed by atoms with Crippen LogP contribution in [0.2, 0.25) is 0 Å². The summed E-state index contributed by atoms with van der Waals surface area (Å²) in [6.45, 7) is 0.502. The first kappa shape index (κ1) is 10.5. The molecule has 0 saturated heterocycles. The zero-order chi connectivity index (χ0) is 10.6. The van der Waals surface area contributed by atoms with Crippen LogP contribution >= 0.6 is 0 Å². The lowest BCUT2D eigenvalue weighted by Crippen LogP contribution is -2.00. The van der Waals surface area contributed by atoms with Crippen molar-refractivity contribution in [3.63, 3.8) is 0 Å². The second kappa shape index (κ2) is 4.57. The van der Waals surface area contributed by atoms with Gasteiger partial charge in [-0.2, -0.15) is 0 Å². The Balaban J connectivity index is 2.90. The normalized spacial score (nSPS) is 10.1. The summed E-state index contributed by atoms with van der Waals surface area (Å²) in [6, 6.07) is 4.00. The zero-order valence-electron chi connectivity index (χ0n) is 7.64. The number of hydrogen-bond acceptors (Lipinski definition) is 4. The number of hydrogen-bond donors (Lipinski definition) is 2. The van der Waals surface area contributed by atoms with Gasteiger partial charge >= 0.3 is 0 Å². The van der Waals surface area contributed by atoms with Crippen LogP contribution in [0.1, 0.15) is 12.0 Å². The quantitative estimate of drug-likeness (QED) is 0.559. The Bertz CT molecular complexity index is 339. The molecule has 0 aliphatic carbocycles. The Labute approximate surface area is 81.3 Å². The van der Waals surface area contributed by atoms with E-state index in [0.29, 0.717) is 24.9 Å². The fourth-order valence-electron chi connectivity index (χ4n) is 1.18. The maximum atomic E-state index is 10.4. The number of nitro groups is 1. The van der Waals surface area contributed by atoms with Crippen molar-refractivity contribution in [1.82, 2.24) is 0 Å². The van der Waals surface area contributed by atoms with E-state index in [1.807, 2.05) is 0 Å². The van der Waals surface area contributed by atoms with Crippen LogP contribution in [0, 0.1) is 10.1 Å². The van der Waals surface area contributed by atoms with Gasteiger partial charge in [0, 0.05) is 17.7 Å². The molecule has 0 fully saturated rings. The Morgan fingerprint density at radius 2 is 2.21 bits per heavy atom. The number of phenols is 1. The lowest BCUT2D eigenvalue weighted by molar-refractivity contribution is -0.384. The predicted molar refractivity (Wildman–Crippen MR) is 52.1 cm³/mol. The van der Waals surface area contributed by atoms with Crippen LogP contribution in [0.3, 0.4) is 0 Å². The molecule has 0 radical (unpaired) electrons. The molecule has 0 atom stereocenters. The van der Waals surface area contributed by atoms with Gasteiger partial charge in [-0.05, 0) is 25.5 Å². The van der Waals surface area contributed by atoms with E-state index in [0.717, 1.165) is 0 Å². The van der Waals surface area contributed by atoms with Gasteiger partial charge in [0.1, 0.15) is 5.75 Å². The van der Waals surface area contributed by atoms with E-state index in [2.05, 4.69) is 0 Å². The van der Waals surface area contributed by atoms with Gasteiger partial charge in [0.05, 0.1) is 4.92 Å². The lowest BCUT2D eigenvalue weighted by Gasteiger charge is -2.02. The maximum absolute atomic E-state index is 10.4. The molecular formula is C9H12N2O3. The second-order valence-corrected chi connectivity index (χ2v) is 2.96. The molecule has 1 aromatic carbocycles. The van der Waals surface area contributed by atoms with E-state index >= 15 is 0 Å². The van der Waals surface area contributed by atoms with E-state index in [4.69, 9.17) is 5.73 Å². The molecular weight excluding hydrogens is 184 g/mol. The minimum absolute atomic E-state index is 0.00479. The summed E-state index contributed by atoms with van der Waals surface area (Å²) in [6.07, 6.45) is 1.26. The number of nitro benzene ring substituents is 1. The SMILES string of the molecule is NCCCc1cc([N+](=O)[O-])ccc1O. The van der Waals surface area contributed by atoms with Crippen molar-refractivity contribution >= 4 is 5.69 Å². The van der Waals surface area contributed by atoms with E-state index in [9.17, 15) is 15.2 Å². The molecule has 5 heteroatoms. The van der Waals surface area contributed by atoms with Crippen molar-refractivity contribution in [3.8, 4) is 5.75 Å². The highest BCUT2D eigenvalue weighted by molar-refractivity contribution is 5.43. The molecule has 14 heavy (non-hydrogen) atoms. The van der Waals surface area contributed by atoms with Gasteiger partial charge in [-0.15, -0.1) is 0 Å². The average molecular weight is 196 g/mol. The zero-order valence-corrected chi connectivity index (χ0v) is 7.64. The summed E-state index contributed by atoms with van der Waals surface area (Å²) >= 11 is 0. The summed E-state index contributed by atoms with van der Waals surface area (Å²) in [5.74, 6) is 0.0871.